The largest absolute Gasteiger partial charge is 0.338 e. The summed E-state index contributed by atoms with van der Waals surface area (Å²) in [4.78, 5) is 14.9. The zero-order chi connectivity index (χ0) is 20.3. The first-order valence-corrected chi connectivity index (χ1v) is 11.6. The third-order valence-electron chi connectivity index (χ3n) is 5.84. The number of hydrogen-bond donors (Lipinski definition) is 0. The highest BCUT2D eigenvalue weighted by Gasteiger charge is 2.33. The Balaban J connectivity index is 1.34. The van der Waals surface area contributed by atoms with Crippen LogP contribution in [0, 0.1) is 5.92 Å². The molecule has 2 aromatic carbocycles. The van der Waals surface area contributed by atoms with Crippen molar-refractivity contribution >= 4 is 22.0 Å². The molecule has 0 atom stereocenters. The summed E-state index contributed by atoms with van der Waals surface area (Å²) < 4.78 is 26.7. The maximum atomic E-state index is 13.0. The second kappa shape index (κ2) is 8.51. The number of hydrogen-bond acceptors (Lipinski definition) is 3. The van der Waals surface area contributed by atoms with Gasteiger partial charge in [-0.25, -0.2) is 8.42 Å². The predicted molar refractivity (Wildman–Crippen MR) is 114 cm³/mol. The first kappa shape index (κ1) is 19.9. The van der Waals surface area contributed by atoms with Crippen LogP contribution in [0.15, 0.2) is 60.0 Å². The van der Waals surface area contributed by atoms with E-state index >= 15 is 0 Å². The molecule has 0 N–H and O–H groups in total. The van der Waals surface area contributed by atoms with E-state index in [1.807, 2.05) is 47.4 Å². The lowest BCUT2D eigenvalue weighted by molar-refractivity contribution is -0.137. The third-order valence-corrected chi connectivity index (χ3v) is 7.40. The number of piperidine rings is 1. The van der Waals surface area contributed by atoms with Crippen LogP contribution in [0.3, 0.4) is 0 Å². The van der Waals surface area contributed by atoms with Gasteiger partial charge in [-0.15, -0.1) is 0 Å². The minimum absolute atomic E-state index is 0.0928. The first-order valence-electron chi connectivity index (χ1n) is 10.1. The van der Waals surface area contributed by atoms with E-state index in [2.05, 4.69) is 12.1 Å². The number of carbonyl (C=O) groups is 1. The summed E-state index contributed by atoms with van der Waals surface area (Å²) >= 11 is 0. The second-order valence-electron chi connectivity index (χ2n) is 7.71. The molecule has 1 amide bonds. The molecular formula is C23H26N2O3S. The summed E-state index contributed by atoms with van der Waals surface area (Å²) in [5.74, 6) is 0.0705. The Morgan fingerprint density at radius 2 is 1.55 bits per heavy atom. The lowest BCUT2D eigenvalue weighted by Crippen LogP contribution is -2.45. The van der Waals surface area contributed by atoms with Crippen molar-refractivity contribution in [1.29, 1.82) is 0 Å². The molecule has 2 aliphatic heterocycles. The van der Waals surface area contributed by atoms with Crippen LogP contribution < -0.4 is 0 Å². The Morgan fingerprint density at radius 1 is 0.897 bits per heavy atom. The van der Waals surface area contributed by atoms with E-state index in [1.165, 1.54) is 20.8 Å². The zero-order valence-corrected chi connectivity index (χ0v) is 17.2. The maximum absolute atomic E-state index is 13.0. The van der Waals surface area contributed by atoms with Crippen LogP contribution in [0.1, 0.15) is 29.5 Å². The zero-order valence-electron chi connectivity index (χ0n) is 16.4. The number of amides is 1. The van der Waals surface area contributed by atoms with Crippen LogP contribution >= 0.6 is 0 Å². The van der Waals surface area contributed by atoms with Gasteiger partial charge in [-0.2, -0.15) is 4.31 Å². The molecule has 0 aliphatic carbocycles. The van der Waals surface area contributed by atoms with Gasteiger partial charge in [0, 0.05) is 37.5 Å². The lowest BCUT2D eigenvalue weighted by atomic mass is 9.94. The number of benzene rings is 2. The molecule has 0 bridgehead atoms. The molecule has 1 fully saturated rings. The Bertz CT molecular complexity index is 994. The fourth-order valence-corrected chi connectivity index (χ4v) is 5.34. The molecule has 1 saturated heterocycles. The van der Waals surface area contributed by atoms with E-state index in [1.54, 1.807) is 6.08 Å². The molecule has 2 heterocycles. The Hall–Kier alpha value is -2.44. The first-order chi connectivity index (χ1) is 14.0. The van der Waals surface area contributed by atoms with Gasteiger partial charge in [0.1, 0.15) is 0 Å². The van der Waals surface area contributed by atoms with Crippen LogP contribution in [-0.2, 0) is 27.8 Å². The number of sulfonamides is 1. The van der Waals surface area contributed by atoms with Crippen LogP contribution in [0.25, 0.3) is 6.08 Å². The highest BCUT2D eigenvalue weighted by atomic mass is 32.2. The summed E-state index contributed by atoms with van der Waals surface area (Å²) in [5, 5.41) is 1.27. The quantitative estimate of drug-likeness (QED) is 0.777. The lowest BCUT2D eigenvalue weighted by Gasteiger charge is -2.35. The van der Waals surface area contributed by atoms with E-state index in [-0.39, 0.29) is 11.8 Å². The number of nitrogens with zero attached hydrogens (tertiary/aromatic N) is 2. The smallest absolute Gasteiger partial charge is 0.236 e. The van der Waals surface area contributed by atoms with E-state index in [4.69, 9.17) is 0 Å². The Labute approximate surface area is 172 Å². The van der Waals surface area contributed by atoms with Gasteiger partial charge >= 0.3 is 0 Å². The topological polar surface area (TPSA) is 57.7 Å². The van der Waals surface area contributed by atoms with Crippen LogP contribution in [0.2, 0.25) is 0 Å². The Morgan fingerprint density at radius 3 is 2.28 bits per heavy atom. The van der Waals surface area contributed by atoms with Crippen molar-refractivity contribution in [3.05, 3.63) is 76.7 Å². The van der Waals surface area contributed by atoms with E-state index in [0.29, 0.717) is 32.5 Å². The van der Waals surface area contributed by atoms with Crippen molar-refractivity contribution in [2.45, 2.75) is 25.8 Å². The highest BCUT2D eigenvalue weighted by molar-refractivity contribution is 7.92. The standard InChI is InChI=1S/C23H26N2O3S/c26-23(24-14-10-20-8-4-5-9-22(20)18-24)21-11-15-25(16-12-21)29(27,28)17-13-19-6-2-1-3-7-19/h1-9,13,17,21H,10-12,14-16,18H2/b17-13+. The van der Waals surface area contributed by atoms with Crippen molar-refractivity contribution in [2.24, 2.45) is 5.92 Å². The minimum Gasteiger partial charge on any atom is -0.338 e. The summed E-state index contributed by atoms with van der Waals surface area (Å²) in [6.45, 7) is 2.19. The van der Waals surface area contributed by atoms with Crippen molar-refractivity contribution in [2.75, 3.05) is 19.6 Å². The van der Waals surface area contributed by atoms with Crippen molar-refractivity contribution < 1.29 is 13.2 Å². The van der Waals surface area contributed by atoms with Crippen molar-refractivity contribution in [1.82, 2.24) is 9.21 Å². The molecule has 2 aliphatic rings. The second-order valence-corrected chi connectivity index (χ2v) is 9.53. The van der Waals surface area contributed by atoms with Gasteiger partial charge < -0.3 is 4.90 Å². The van der Waals surface area contributed by atoms with Gasteiger partial charge in [-0.3, -0.25) is 4.79 Å². The average Bonchev–Trinajstić information content (AvgIpc) is 2.78. The summed E-state index contributed by atoms with van der Waals surface area (Å²) in [5.41, 5.74) is 3.40. The monoisotopic (exact) mass is 410 g/mol. The minimum atomic E-state index is -3.47. The highest BCUT2D eigenvalue weighted by Crippen LogP contribution is 2.26. The number of carbonyl (C=O) groups excluding carboxylic acids is 1. The molecule has 29 heavy (non-hydrogen) atoms. The van der Waals surface area contributed by atoms with Crippen molar-refractivity contribution in [3.63, 3.8) is 0 Å². The predicted octanol–water partition coefficient (Wildman–Crippen LogP) is 3.28. The molecule has 5 nitrogen and oxygen atoms in total. The van der Waals surface area contributed by atoms with Gasteiger partial charge in [0.15, 0.2) is 0 Å². The molecule has 0 unspecified atom stereocenters. The van der Waals surface area contributed by atoms with Gasteiger partial charge in [0.25, 0.3) is 0 Å². The normalized spacial score (nSPS) is 18.7. The summed E-state index contributed by atoms with van der Waals surface area (Å²) in [7, 11) is -3.47. The SMILES string of the molecule is O=C(C1CCN(S(=O)(=O)/C=C/c2ccccc2)CC1)N1CCc2ccccc2C1. The van der Waals surface area contributed by atoms with Gasteiger partial charge in [0.05, 0.1) is 0 Å². The van der Waals surface area contributed by atoms with E-state index in [0.717, 1.165) is 18.5 Å². The third kappa shape index (κ3) is 4.60. The molecular weight excluding hydrogens is 384 g/mol. The molecule has 0 saturated carbocycles. The van der Waals surface area contributed by atoms with Crippen LogP contribution in [-0.4, -0.2) is 43.2 Å². The summed E-state index contributed by atoms with van der Waals surface area (Å²) in [6.07, 6.45) is 3.67. The van der Waals surface area contributed by atoms with E-state index < -0.39 is 10.0 Å². The fourth-order valence-electron chi connectivity index (χ4n) is 4.11. The van der Waals surface area contributed by atoms with Gasteiger partial charge in [-0.05, 0) is 42.0 Å². The fraction of sp³-hybridized carbons (Fsp3) is 0.348. The number of rotatable bonds is 4. The average molecular weight is 411 g/mol. The molecule has 0 aromatic heterocycles. The summed E-state index contributed by atoms with van der Waals surface area (Å²) in [6, 6.07) is 17.7. The molecule has 152 valence electrons. The molecule has 2 aromatic rings. The van der Waals surface area contributed by atoms with E-state index in [9.17, 15) is 13.2 Å². The Kier molecular flexibility index (Phi) is 5.83. The van der Waals surface area contributed by atoms with Crippen LogP contribution in [0.5, 0.6) is 0 Å². The molecule has 4 rings (SSSR count). The molecule has 6 heteroatoms. The van der Waals surface area contributed by atoms with Gasteiger partial charge in [-0.1, -0.05) is 54.6 Å². The maximum Gasteiger partial charge on any atom is 0.236 e. The van der Waals surface area contributed by atoms with Crippen molar-refractivity contribution in [3.8, 4) is 0 Å². The van der Waals surface area contributed by atoms with Gasteiger partial charge in [0.2, 0.25) is 15.9 Å². The van der Waals surface area contributed by atoms with Crippen LogP contribution in [0.4, 0.5) is 0 Å². The molecule has 0 radical (unpaired) electrons. The molecule has 0 spiro atoms. The number of fused-ring (bicyclic) bond motifs is 1.